The molecule has 29 heavy (non-hydrogen) atoms. The summed E-state index contributed by atoms with van der Waals surface area (Å²) < 4.78 is 27.9. The number of piperidine rings is 1. The summed E-state index contributed by atoms with van der Waals surface area (Å²) in [7, 11) is -3.80. The van der Waals surface area contributed by atoms with Gasteiger partial charge in [0.15, 0.2) is 0 Å². The molecule has 1 fully saturated rings. The van der Waals surface area contributed by atoms with E-state index in [-0.39, 0.29) is 22.1 Å². The molecule has 1 N–H and O–H groups in total. The molecule has 2 aromatic rings. The van der Waals surface area contributed by atoms with E-state index in [2.05, 4.69) is 9.62 Å². The first-order chi connectivity index (χ1) is 13.8. The van der Waals surface area contributed by atoms with E-state index in [1.807, 2.05) is 24.3 Å². The molecule has 0 aliphatic carbocycles. The Bertz CT molecular complexity index is 989. The van der Waals surface area contributed by atoms with Crippen LogP contribution in [0.5, 0.6) is 0 Å². The van der Waals surface area contributed by atoms with Gasteiger partial charge in [0.2, 0.25) is 10.0 Å². The zero-order chi connectivity index (χ0) is 21.0. The second kappa shape index (κ2) is 9.21. The average Bonchev–Trinajstić information content (AvgIpc) is 2.69. The number of nitrogens with zero attached hydrogens (tertiary/aromatic N) is 2. The first-order valence-corrected chi connectivity index (χ1v) is 11.3. The predicted octanol–water partition coefficient (Wildman–Crippen LogP) is 3.75. The van der Waals surface area contributed by atoms with Crippen LogP contribution < -0.4 is 4.72 Å². The fourth-order valence-corrected chi connectivity index (χ4v) is 5.18. The molecular formula is C20H24ClN3O4S. The zero-order valence-electron chi connectivity index (χ0n) is 16.2. The van der Waals surface area contributed by atoms with Gasteiger partial charge in [0.05, 0.1) is 9.82 Å². The first-order valence-electron chi connectivity index (χ1n) is 9.47. The van der Waals surface area contributed by atoms with E-state index in [0.717, 1.165) is 43.1 Å². The Morgan fingerprint density at radius 2 is 1.86 bits per heavy atom. The molecular weight excluding hydrogens is 414 g/mol. The van der Waals surface area contributed by atoms with Crippen molar-refractivity contribution < 1.29 is 13.3 Å². The molecule has 0 amide bonds. The third kappa shape index (κ3) is 5.33. The summed E-state index contributed by atoms with van der Waals surface area (Å²) >= 11 is 6.23. The highest BCUT2D eigenvalue weighted by Gasteiger charge is 2.25. The highest BCUT2D eigenvalue weighted by molar-refractivity contribution is 7.89. The Morgan fingerprint density at radius 1 is 1.17 bits per heavy atom. The molecule has 3 rings (SSSR count). The molecule has 1 aliphatic rings. The van der Waals surface area contributed by atoms with Crippen molar-refractivity contribution in [3.05, 3.63) is 68.7 Å². The highest BCUT2D eigenvalue weighted by atomic mass is 35.5. The van der Waals surface area contributed by atoms with Crippen LogP contribution in [0.25, 0.3) is 0 Å². The van der Waals surface area contributed by atoms with Crippen molar-refractivity contribution in [1.82, 2.24) is 9.62 Å². The van der Waals surface area contributed by atoms with Crippen LogP contribution in [0.1, 0.15) is 24.0 Å². The Hall–Kier alpha value is -2.00. The van der Waals surface area contributed by atoms with Crippen LogP contribution in [-0.2, 0) is 16.6 Å². The zero-order valence-corrected chi connectivity index (χ0v) is 17.7. The number of hydrogen-bond donors (Lipinski definition) is 1. The van der Waals surface area contributed by atoms with Crippen molar-refractivity contribution >= 4 is 27.3 Å². The Balaban J connectivity index is 1.56. The first kappa shape index (κ1) is 21.7. The minimum absolute atomic E-state index is 0.0390. The van der Waals surface area contributed by atoms with Crippen molar-refractivity contribution in [2.75, 3.05) is 19.6 Å². The van der Waals surface area contributed by atoms with Gasteiger partial charge in [0.25, 0.3) is 5.69 Å². The average molecular weight is 438 g/mol. The number of hydrogen-bond acceptors (Lipinski definition) is 5. The van der Waals surface area contributed by atoms with Crippen molar-refractivity contribution in [1.29, 1.82) is 0 Å². The van der Waals surface area contributed by atoms with E-state index in [1.54, 1.807) is 0 Å². The molecule has 0 radical (unpaired) electrons. The van der Waals surface area contributed by atoms with Crippen LogP contribution in [0.4, 0.5) is 5.69 Å². The lowest BCUT2D eigenvalue weighted by Crippen LogP contribution is -2.38. The van der Waals surface area contributed by atoms with Crippen molar-refractivity contribution in [3.63, 3.8) is 0 Å². The largest absolute Gasteiger partial charge is 0.299 e. The lowest BCUT2D eigenvalue weighted by Gasteiger charge is -2.32. The fraction of sp³-hybridized carbons (Fsp3) is 0.400. The summed E-state index contributed by atoms with van der Waals surface area (Å²) in [6, 6.07) is 11.9. The monoisotopic (exact) mass is 437 g/mol. The van der Waals surface area contributed by atoms with Gasteiger partial charge in [-0.25, -0.2) is 13.1 Å². The van der Waals surface area contributed by atoms with Crippen LogP contribution in [0.15, 0.2) is 47.4 Å². The van der Waals surface area contributed by atoms with Crippen LogP contribution in [0, 0.1) is 23.0 Å². The predicted molar refractivity (Wildman–Crippen MR) is 112 cm³/mol. The van der Waals surface area contributed by atoms with Crippen LogP contribution in [-0.4, -0.2) is 37.9 Å². The lowest BCUT2D eigenvalue weighted by atomic mass is 9.97. The van der Waals surface area contributed by atoms with E-state index in [0.29, 0.717) is 6.54 Å². The van der Waals surface area contributed by atoms with E-state index in [1.165, 1.54) is 25.1 Å². The summed E-state index contributed by atoms with van der Waals surface area (Å²) in [5.41, 5.74) is 1.05. The number of nitro benzene ring substituents is 1. The van der Waals surface area contributed by atoms with Crippen LogP contribution >= 0.6 is 11.6 Å². The molecule has 0 unspecified atom stereocenters. The second-order valence-electron chi connectivity index (χ2n) is 7.32. The molecule has 2 aromatic carbocycles. The summed E-state index contributed by atoms with van der Waals surface area (Å²) in [4.78, 5) is 12.8. The van der Waals surface area contributed by atoms with Gasteiger partial charge >= 0.3 is 0 Å². The molecule has 0 aromatic heterocycles. The quantitative estimate of drug-likeness (QED) is 0.526. The number of rotatable bonds is 7. The van der Waals surface area contributed by atoms with Gasteiger partial charge in [-0.2, -0.15) is 0 Å². The van der Waals surface area contributed by atoms with Crippen LogP contribution in [0.3, 0.4) is 0 Å². The van der Waals surface area contributed by atoms with Crippen molar-refractivity contribution in [2.24, 2.45) is 5.92 Å². The van der Waals surface area contributed by atoms with Crippen LogP contribution in [0.2, 0.25) is 5.02 Å². The molecule has 0 bridgehead atoms. The SMILES string of the molecule is Cc1c([N+](=O)[O-])cccc1S(=O)(=O)NCC1CCN(Cc2ccccc2Cl)CC1. The maximum absolute atomic E-state index is 12.7. The number of nitro groups is 1. The lowest BCUT2D eigenvalue weighted by molar-refractivity contribution is -0.385. The minimum Gasteiger partial charge on any atom is -0.299 e. The van der Waals surface area contributed by atoms with Gasteiger partial charge in [-0.3, -0.25) is 15.0 Å². The van der Waals surface area contributed by atoms with E-state index in [4.69, 9.17) is 11.6 Å². The highest BCUT2D eigenvalue weighted by Crippen LogP contribution is 2.26. The smallest absolute Gasteiger partial charge is 0.273 e. The van der Waals surface area contributed by atoms with E-state index >= 15 is 0 Å². The van der Waals surface area contributed by atoms with Gasteiger partial charge < -0.3 is 0 Å². The molecule has 1 aliphatic heterocycles. The third-order valence-electron chi connectivity index (χ3n) is 5.36. The molecule has 1 heterocycles. The Labute approximate surface area is 175 Å². The molecule has 0 saturated carbocycles. The molecule has 7 nitrogen and oxygen atoms in total. The Morgan fingerprint density at radius 3 is 2.52 bits per heavy atom. The van der Waals surface area contributed by atoms with Gasteiger partial charge in [-0.05, 0) is 56.5 Å². The molecule has 1 saturated heterocycles. The molecule has 156 valence electrons. The van der Waals surface area contributed by atoms with Gasteiger partial charge in [-0.1, -0.05) is 35.9 Å². The fourth-order valence-electron chi connectivity index (χ4n) is 3.61. The number of likely N-dealkylation sites (tertiary alicyclic amines) is 1. The van der Waals surface area contributed by atoms with E-state index < -0.39 is 14.9 Å². The molecule has 0 atom stereocenters. The maximum atomic E-state index is 12.7. The third-order valence-corrected chi connectivity index (χ3v) is 7.30. The number of nitrogens with one attached hydrogen (secondary N) is 1. The second-order valence-corrected chi connectivity index (χ2v) is 9.46. The van der Waals surface area contributed by atoms with Gasteiger partial charge in [-0.15, -0.1) is 0 Å². The summed E-state index contributed by atoms with van der Waals surface area (Å²) in [5, 5.41) is 11.8. The standard InChI is InChI=1S/C20H24ClN3O4S/c1-15-19(24(25)26)7-4-8-20(15)29(27,28)22-13-16-9-11-23(12-10-16)14-17-5-2-3-6-18(17)21/h2-8,16,22H,9-14H2,1H3. The number of halogens is 1. The van der Waals surface area contributed by atoms with Gasteiger partial charge in [0, 0.05) is 29.7 Å². The van der Waals surface area contributed by atoms with Crippen molar-refractivity contribution in [2.45, 2.75) is 31.2 Å². The summed E-state index contributed by atoms with van der Waals surface area (Å²) in [6.45, 7) is 4.30. The maximum Gasteiger partial charge on any atom is 0.273 e. The minimum atomic E-state index is -3.80. The molecule has 0 spiro atoms. The molecule has 9 heteroatoms. The van der Waals surface area contributed by atoms with Gasteiger partial charge in [0.1, 0.15) is 0 Å². The summed E-state index contributed by atoms with van der Waals surface area (Å²) in [5.74, 6) is 0.228. The summed E-state index contributed by atoms with van der Waals surface area (Å²) in [6.07, 6.45) is 1.75. The van der Waals surface area contributed by atoms with Crippen molar-refractivity contribution in [3.8, 4) is 0 Å². The Kier molecular flexibility index (Phi) is 6.89. The topological polar surface area (TPSA) is 92.5 Å². The normalized spacial score (nSPS) is 16.1. The number of sulfonamides is 1. The number of benzene rings is 2. The van der Waals surface area contributed by atoms with E-state index in [9.17, 15) is 18.5 Å².